The predicted octanol–water partition coefficient (Wildman–Crippen LogP) is 14.3. The van der Waals surface area contributed by atoms with Gasteiger partial charge >= 0.3 is 24.4 Å². The molecule has 0 saturated carbocycles. The number of anilines is 1. The first-order valence-corrected chi connectivity index (χ1v) is 40.2. The molecular weight excluding hydrogens is 1470 g/mol. The van der Waals surface area contributed by atoms with Crippen LogP contribution in [0.25, 0.3) is 72.0 Å². The van der Waals surface area contributed by atoms with Crippen LogP contribution < -0.4 is 26.6 Å². The van der Waals surface area contributed by atoms with Crippen LogP contribution in [0.1, 0.15) is 150 Å². The highest BCUT2D eigenvalue weighted by Crippen LogP contribution is 2.41. The van der Waals surface area contributed by atoms with Gasteiger partial charge < -0.3 is 75.1 Å². The molecule has 0 unspecified atom stereocenters. The van der Waals surface area contributed by atoms with Crippen molar-refractivity contribution in [2.75, 3.05) is 59.9 Å². The number of alkyl carbamates (subject to hydrolysis) is 4. The lowest BCUT2D eigenvalue weighted by atomic mass is 9.94. The number of allylic oxidation sites excluding steroid dienone is 1. The summed E-state index contributed by atoms with van der Waals surface area (Å²) in [6.07, 6.45) is 9.95. The van der Waals surface area contributed by atoms with E-state index < -0.39 is 59.6 Å². The zero-order chi connectivity index (χ0) is 83.0. The van der Waals surface area contributed by atoms with Crippen LogP contribution in [0.5, 0.6) is 0 Å². The van der Waals surface area contributed by atoms with E-state index in [2.05, 4.69) is 140 Å². The van der Waals surface area contributed by atoms with Gasteiger partial charge in [-0.15, -0.1) is 0 Å². The Hall–Kier alpha value is -11.9. The van der Waals surface area contributed by atoms with E-state index in [1.165, 1.54) is 28.4 Å². The first-order chi connectivity index (χ1) is 55.5. The van der Waals surface area contributed by atoms with Crippen molar-refractivity contribution >= 4 is 92.5 Å². The molecule has 5 aliphatic heterocycles. The molecule has 8 atom stereocenters. The third-order valence-corrected chi connectivity index (χ3v) is 23.4. The minimum atomic E-state index is -1.08. The molecule has 27 nitrogen and oxygen atoms in total. The lowest BCUT2D eigenvalue weighted by Crippen LogP contribution is -2.59. The topological polar surface area (TPSA) is 333 Å². The second-order valence-electron chi connectivity index (χ2n) is 32.4. The van der Waals surface area contributed by atoms with E-state index in [0.29, 0.717) is 57.0 Å². The smallest absolute Gasteiger partial charge is 0.407 e. The standard InChI is InChI=1S/C45H54N8O6.C44H54N6O7/c1-26(2)37(50-43(56)58-6)40(54)52-20-8-10-36(52)39-46-24-34(48-39)29-13-11-28(12-14-29)30-15-16-32-23-33(18-17-31(32)22-30)35-25-47-42(49-35)45(5)19-9-21-53(45)41(55)38(27(3)4)51-44(57)59-7;1-26(2)37(47-42(54)56-6)39(51)49-22-8-10-36(49)35-20-19-34(46-35)29-13-11-28(12-14-29)30-15-16-32-25-33(18-17-31(32)24-30)45-41(53)44(5)21-9-23-50(44)40(52)38(27(3)4)48-43(55)57-7/h11-18,22-27,36-38H,8-10,19-21H2,1-7H3,(H,46,48)(H,47,49)(H,50,56)(H,51,57);11-19,24-27,36-38H,8-10,20-23H2,1-7H3,(H,45,53)(H,47,54)(H,48,55)/t36-,37-,38-,45-;36-,37-,38-,44-/m00/s1. The van der Waals surface area contributed by atoms with Gasteiger partial charge in [-0.1, -0.05) is 152 Å². The van der Waals surface area contributed by atoms with E-state index in [-0.39, 0.29) is 65.3 Å². The molecule has 13 rings (SSSR count). The molecule has 7 heterocycles. The molecule has 8 aromatic rings. The van der Waals surface area contributed by atoms with Gasteiger partial charge in [-0.25, -0.2) is 29.1 Å². The van der Waals surface area contributed by atoms with E-state index in [1.54, 1.807) is 11.8 Å². The van der Waals surface area contributed by atoms with Gasteiger partial charge in [0.1, 0.15) is 41.4 Å². The monoisotopic (exact) mass is 1580 g/mol. The highest BCUT2D eigenvalue weighted by atomic mass is 16.5. The van der Waals surface area contributed by atoms with Crippen LogP contribution in [-0.4, -0.2) is 190 Å². The van der Waals surface area contributed by atoms with Gasteiger partial charge in [0.15, 0.2) is 0 Å². The van der Waals surface area contributed by atoms with Crippen LogP contribution in [0.3, 0.4) is 0 Å². The van der Waals surface area contributed by atoms with Crippen molar-refractivity contribution in [1.29, 1.82) is 0 Å². The molecule has 116 heavy (non-hydrogen) atoms. The fourth-order valence-corrected chi connectivity index (χ4v) is 16.6. The maximum Gasteiger partial charge on any atom is 0.407 e. The molecule has 0 aliphatic carbocycles. The molecule has 0 spiro atoms. The third kappa shape index (κ3) is 18.0. The number of hydrogen-bond acceptors (Lipinski definition) is 16. The number of fused-ring (bicyclic) bond motifs is 2. The number of nitrogens with one attached hydrogen (secondary N) is 7. The van der Waals surface area contributed by atoms with Crippen LogP contribution in [0.2, 0.25) is 0 Å². The molecule has 4 fully saturated rings. The lowest BCUT2D eigenvalue weighted by molar-refractivity contribution is -0.144. The molecule has 612 valence electrons. The number of aliphatic imine (C=N–C) groups is 1. The second-order valence-corrected chi connectivity index (χ2v) is 32.4. The number of carbonyl (C=O) groups is 9. The Labute approximate surface area is 676 Å². The molecule has 7 N–H and O–H groups in total. The summed E-state index contributed by atoms with van der Waals surface area (Å²) in [7, 11) is 5.13. The van der Waals surface area contributed by atoms with Crippen molar-refractivity contribution in [3.63, 3.8) is 0 Å². The summed E-state index contributed by atoms with van der Waals surface area (Å²) < 4.78 is 19.1. The molecule has 2 aromatic heterocycles. The van der Waals surface area contributed by atoms with Gasteiger partial charge in [-0.2, -0.15) is 0 Å². The SMILES string of the molecule is COC(=O)N[C@H](C(=O)N1CCC[C@H]1C1=NC(c2ccc(-c3ccc4cc(NC(=O)[C@]5(C)CCCN5C(=O)[C@@H](NC(=O)OC)C(C)C)ccc4c3)cc2)=CC1)C(C)C.COC(=O)N[C@H](C(=O)N1CCC[C@H]1c1ncc(-c2ccc(-c3ccc4cc(-c5cnc([C@]6(C)CCCN6C(=O)[C@@H](NC(=O)OC)C(C)C)[nH]5)ccc4c3)cc2)[nH]1)C(C)C. The summed E-state index contributed by atoms with van der Waals surface area (Å²) in [5.41, 5.74) is 9.69. The van der Waals surface area contributed by atoms with E-state index in [0.717, 1.165) is 128 Å². The van der Waals surface area contributed by atoms with E-state index in [1.807, 2.05) is 114 Å². The van der Waals surface area contributed by atoms with Crippen molar-refractivity contribution in [3.8, 4) is 44.8 Å². The Kier molecular flexibility index (Phi) is 25.8. The fourth-order valence-electron chi connectivity index (χ4n) is 16.6. The van der Waals surface area contributed by atoms with Gasteiger partial charge in [0.2, 0.25) is 29.5 Å². The maximum absolute atomic E-state index is 13.8. The summed E-state index contributed by atoms with van der Waals surface area (Å²) in [6, 6.07) is 38.2. The molecule has 0 radical (unpaired) electrons. The van der Waals surface area contributed by atoms with Crippen LogP contribution in [-0.2, 0) is 48.5 Å². The molecule has 0 bridgehead atoms. The highest BCUT2D eigenvalue weighted by Gasteiger charge is 2.49. The normalized spacial score (nSPS) is 19.6. The van der Waals surface area contributed by atoms with Crippen molar-refractivity contribution in [1.82, 2.24) is 60.8 Å². The number of benzene rings is 6. The molecule has 4 saturated heterocycles. The van der Waals surface area contributed by atoms with Crippen molar-refractivity contribution in [3.05, 3.63) is 157 Å². The number of likely N-dealkylation sites (tertiary alicyclic amines) is 4. The van der Waals surface area contributed by atoms with Gasteiger partial charge in [-0.05, 0) is 174 Å². The van der Waals surface area contributed by atoms with Crippen molar-refractivity contribution < 1.29 is 62.1 Å². The summed E-state index contributed by atoms with van der Waals surface area (Å²) in [5, 5.41) is 18.0. The molecule has 6 aromatic carbocycles. The Morgan fingerprint density at radius 1 is 0.440 bits per heavy atom. The average Bonchev–Trinajstić information content (AvgIpc) is 1.65. The summed E-state index contributed by atoms with van der Waals surface area (Å²) in [5.74, 6) is -0.0596. The first-order valence-electron chi connectivity index (χ1n) is 40.2. The molecular formula is C89H108N14O13. The average molecular weight is 1580 g/mol. The summed E-state index contributed by atoms with van der Waals surface area (Å²) in [6.45, 7) is 21.1. The highest BCUT2D eigenvalue weighted by molar-refractivity contribution is 6.04. The van der Waals surface area contributed by atoms with Crippen molar-refractivity contribution in [2.45, 2.75) is 174 Å². The number of imidazole rings is 2. The Morgan fingerprint density at radius 2 is 0.853 bits per heavy atom. The van der Waals surface area contributed by atoms with E-state index >= 15 is 0 Å². The number of aromatic nitrogens is 4. The molecule has 27 heteroatoms. The van der Waals surface area contributed by atoms with Gasteiger partial charge in [-0.3, -0.25) is 29.0 Å². The number of nitrogens with zero attached hydrogens (tertiary/aromatic N) is 7. The molecule has 5 aliphatic rings. The predicted molar refractivity (Wildman–Crippen MR) is 445 cm³/mol. The third-order valence-electron chi connectivity index (χ3n) is 23.4. The molecule has 9 amide bonds. The van der Waals surface area contributed by atoms with Gasteiger partial charge in [0, 0.05) is 49.6 Å². The largest absolute Gasteiger partial charge is 0.453 e. The minimum Gasteiger partial charge on any atom is -0.453 e. The minimum absolute atomic E-state index is 0.0938. The number of ether oxygens (including phenoxy) is 4. The number of methoxy groups -OCH3 is 4. The maximum atomic E-state index is 13.8. The number of hydrogen-bond donors (Lipinski definition) is 7. The van der Waals surface area contributed by atoms with Gasteiger partial charge in [0.25, 0.3) is 0 Å². The zero-order valence-corrected chi connectivity index (χ0v) is 68.7. The summed E-state index contributed by atoms with van der Waals surface area (Å²) >= 11 is 0. The van der Waals surface area contributed by atoms with Crippen LogP contribution in [0, 0.1) is 23.7 Å². The van der Waals surface area contributed by atoms with Crippen LogP contribution in [0.15, 0.2) is 145 Å². The number of H-pyrrole nitrogens is 2. The number of amides is 9. The first kappa shape index (κ1) is 83.5. The van der Waals surface area contributed by atoms with Gasteiger partial charge in [0.05, 0.1) is 75.5 Å². The second kappa shape index (κ2) is 35.9. The number of carbonyl (C=O) groups excluding carboxylic acids is 9. The number of aromatic amines is 2. The number of rotatable bonds is 22. The van der Waals surface area contributed by atoms with Crippen LogP contribution >= 0.6 is 0 Å². The Balaban J connectivity index is 0.000000214. The quantitative estimate of drug-likeness (QED) is 0.0310. The van der Waals surface area contributed by atoms with Crippen molar-refractivity contribution in [2.24, 2.45) is 28.7 Å². The fraction of sp³-hybridized carbons (Fsp3) is 0.438. The Bertz CT molecular complexity index is 5050. The summed E-state index contributed by atoms with van der Waals surface area (Å²) in [4.78, 5) is 145. The Morgan fingerprint density at radius 3 is 1.38 bits per heavy atom. The van der Waals surface area contributed by atoms with Crippen LogP contribution in [0.4, 0.5) is 24.9 Å². The van der Waals surface area contributed by atoms with E-state index in [9.17, 15) is 43.2 Å². The lowest BCUT2D eigenvalue weighted by Gasteiger charge is -2.37. The van der Waals surface area contributed by atoms with E-state index in [4.69, 9.17) is 33.9 Å². The zero-order valence-electron chi connectivity index (χ0n) is 68.7.